The number of anilines is 3. The van der Waals surface area contributed by atoms with Crippen molar-refractivity contribution < 1.29 is 4.42 Å². The van der Waals surface area contributed by atoms with Crippen molar-refractivity contribution in [2.45, 2.75) is 0 Å². The zero-order valence-electron chi connectivity index (χ0n) is 26.5. The fraction of sp³-hybridized carbons (Fsp3) is 0. The Hall–Kier alpha value is -6.16. The van der Waals surface area contributed by atoms with Gasteiger partial charge in [0.25, 0.3) is 0 Å². The SMILES string of the molecule is c1ccc(-c2ccc(N(c3cccc(-c4cccc5oc6ccccc6c45)c3)c3cc4ccccc4c4sc5ccccc5c34)cc2)cc1. The zero-order chi connectivity index (χ0) is 32.3. The molecule has 0 N–H and O–H groups in total. The van der Waals surface area contributed by atoms with Crippen LogP contribution in [0.4, 0.5) is 17.1 Å². The first-order valence-corrected chi connectivity index (χ1v) is 17.4. The molecule has 3 heteroatoms. The molecule has 2 aromatic heterocycles. The summed E-state index contributed by atoms with van der Waals surface area (Å²) >= 11 is 1.88. The Balaban J connectivity index is 1.24. The number of hydrogen-bond acceptors (Lipinski definition) is 3. The van der Waals surface area contributed by atoms with Gasteiger partial charge in [-0.15, -0.1) is 11.3 Å². The van der Waals surface area contributed by atoms with Crippen molar-refractivity contribution in [3.63, 3.8) is 0 Å². The second-order valence-corrected chi connectivity index (χ2v) is 13.5. The number of para-hydroxylation sites is 1. The van der Waals surface area contributed by atoms with Gasteiger partial charge in [0, 0.05) is 42.3 Å². The first-order valence-electron chi connectivity index (χ1n) is 16.6. The van der Waals surface area contributed by atoms with Crippen molar-refractivity contribution in [3.05, 3.63) is 176 Å². The topological polar surface area (TPSA) is 16.4 Å². The molecular weight excluding hydrogens is 615 g/mol. The van der Waals surface area contributed by atoms with Gasteiger partial charge in [0.05, 0.1) is 5.69 Å². The van der Waals surface area contributed by atoms with Crippen LogP contribution in [-0.2, 0) is 0 Å². The zero-order valence-corrected chi connectivity index (χ0v) is 27.3. The molecule has 0 bridgehead atoms. The van der Waals surface area contributed by atoms with Gasteiger partial charge in [-0.3, -0.25) is 0 Å². The lowest BCUT2D eigenvalue weighted by molar-refractivity contribution is 0.669. The van der Waals surface area contributed by atoms with Crippen molar-refractivity contribution in [1.82, 2.24) is 0 Å². The Morgan fingerprint density at radius 3 is 1.98 bits per heavy atom. The summed E-state index contributed by atoms with van der Waals surface area (Å²) in [5.74, 6) is 0. The van der Waals surface area contributed by atoms with E-state index in [1.165, 1.54) is 47.8 Å². The Morgan fingerprint density at radius 2 is 1.10 bits per heavy atom. The number of thiophene rings is 1. The van der Waals surface area contributed by atoms with E-state index in [9.17, 15) is 0 Å². The maximum absolute atomic E-state index is 6.29. The third kappa shape index (κ3) is 4.55. The highest BCUT2D eigenvalue weighted by atomic mass is 32.1. The molecule has 230 valence electrons. The largest absolute Gasteiger partial charge is 0.456 e. The van der Waals surface area contributed by atoms with Crippen molar-refractivity contribution in [2.24, 2.45) is 0 Å². The minimum atomic E-state index is 0.901. The molecule has 0 aliphatic rings. The highest BCUT2D eigenvalue weighted by molar-refractivity contribution is 7.26. The van der Waals surface area contributed by atoms with Gasteiger partial charge in [-0.2, -0.15) is 0 Å². The second kappa shape index (κ2) is 11.2. The van der Waals surface area contributed by atoms with E-state index >= 15 is 0 Å². The van der Waals surface area contributed by atoms with Gasteiger partial charge in [-0.1, -0.05) is 127 Å². The van der Waals surface area contributed by atoms with Crippen LogP contribution in [0.1, 0.15) is 0 Å². The predicted octanol–water partition coefficient (Wildman–Crippen LogP) is 13.9. The van der Waals surface area contributed by atoms with Gasteiger partial charge in [0.2, 0.25) is 0 Å². The summed E-state index contributed by atoms with van der Waals surface area (Å²) in [6.07, 6.45) is 0. The standard InChI is InChI=1S/C46H29NOS/c1-2-12-30(13-3-1)31-24-26-34(27-25-31)47(40-29-33-14-4-5-17-37(33)46-45(40)39-19-7-9-23-43(39)49-46)35-16-10-15-32(28-35)36-20-11-22-42-44(36)38-18-6-8-21-41(38)48-42/h1-29H. The lowest BCUT2D eigenvalue weighted by Crippen LogP contribution is -2.10. The molecule has 0 saturated carbocycles. The Morgan fingerprint density at radius 1 is 0.429 bits per heavy atom. The number of furan rings is 1. The third-order valence-electron chi connectivity index (χ3n) is 9.64. The molecule has 0 radical (unpaired) electrons. The van der Waals surface area contributed by atoms with Crippen LogP contribution in [0.3, 0.4) is 0 Å². The van der Waals surface area contributed by atoms with Crippen LogP contribution >= 0.6 is 11.3 Å². The molecule has 0 amide bonds. The minimum absolute atomic E-state index is 0.901. The van der Waals surface area contributed by atoms with Crippen LogP contribution in [-0.4, -0.2) is 0 Å². The fourth-order valence-electron chi connectivity index (χ4n) is 7.40. The van der Waals surface area contributed by atoms with E-state index in [0.717, 1.165) is 44.4 Å². The van der Waals surface area contributed by atoms with Gasteiger partial charge in [0.1, 0.15) is 11.2 Å². The summed E-state index contributed by atoms with van der Waals surface area (Å²) in [5.41, 5.74) is 9.89. The van der Waals surface area contributed by atoms with Crippen molar-refractivity contribution in [1.29, 1.82) is 0 Å². The predicted molar refractivity (Wildman–Crippen MR) is 210 cm³/mol. The second-order valence-electron chi connectivity index (χ2n) is 12.5. The van der Waals surface area contributed by atoms with E-state index in [4.69, 9.17) is 4.42 Å². The van der Waals surface area contributed by atoms with Crippen molar-refractivity contribution in [3.8, 4) is 22.3 Å². The molecule has 0 aliphatic heterocycles. The molecule has 8 aromatic carbocycles. The van der Waals surface area contributed by atoms with Gasteiger partial charge in [-0.25, -0.2) is 0 Å². The van der Waals surface area contributed by atoms with Crippen LogP contribution in [0.15, 0.2) is 180 Å². The van der Waals surface area contributed by atoms with E-state index in [2.05, 4.69) is 169 Å². The number of nitrogens with zero attached hydrogens (tertiary/aromatic N) is 1. The monoisotopic (exact) mass is 643 g/mol. The van der Waals surface area contributed by atoms with E-state index < -0.39 is 0 Å². The van der Waals surface area contributed by atoms with Gasteiger partial charge in [-0.05, 0) is 81.6 Å². The van der Waals surface area contributed by atoms with Gasteiger partial charge >= 0.3 is 0 Å². The summed E-state index contributed by atoms with van der Waals surface area (Å²) in [4.78, 5) is 2.44. The molecule has 0 unspecified atom stereocenters. The van der Waals surface area contributed by atoms with Crippen LogP contribution in [0.25, 0.3) is 75.1 Å². The number of benzene rings is 8. The minimum Gasteiger partial charge on any atom is -0.456 e. The van der Waals surface area contributed by atoms with Gasteiger partial charge < -0.3 is 9.32 Å². The molecule has 0 aliphatic carbocycles. The molecular formula is C46H29NOS. The van der Waals surface area contributed by atoms with E-state index in [1.54, 1.807) is 0 Å². The van der Waals surface area contributed by atoms with Crippen LogP contribution in [0, 0.1) is 0 Å². The third-order valence-corrected chi connectivity index (χ3v) is 10.8. The lowest BCUT2D eigenvalue weighted by Gasteiger charge is -2.28. The molecule has 0 spiro atoms. The summed E-state index contributed by atoms with van der Waals surface area (Å²) in [6.45, 7) is 0. The van der Waals surface area contributed by atoms with Gasteiger partial charge in [0.15, 0.2) is 0 Å². The Kier molecular flexibility index (Phi) is 6.39. The molecule has 10 rings (SSSR count). The number of rotatable bonds is 5. The van der Waals surface area contributed by atoms with E-state index in [0.29, 0.717) is 0 Å². The molecule has 0 saturated heterocycles. The Bertz CT molecular complexity index is 2830. The van der Waals surface area contributed by atoms with E-state index in [-0.39, 0.29) is 0 Å². The maximum atomic E-state index is 6.29. The highest BCUT2D eigenvalue weighted by Gasteiger charge is 2.22. The summed E-state index contributed by atoms with van der Waals surface area (Å²) in [7, 11) is 0. The average molecular weight is 644 g/mol. The molecule has 0 atom stereocenters. The molecule has 0 fully saturated rings. The summed E-state index contributed by atoms with van der Waals surface area (Å²) in [6, 6.07) is 63.2. The summed E-state index contributed by atoms with van der Waals surface area (Å²) in [5, 5.41) is 7.35. The maximum Gasteiger partial charge on any atom is 0.136 e. The molecule has 49 heavy (non-hydrogen) atoms. The number of hydrogen-bond donors (Lipinski definition) is 0. The molecule has 10 aromatic rings. The molecule has 2 nitrogen and oxygen atoms in total. The van der Waals surface area contributed by atoms with Crippen LogP contribution < -0.4 is 4.90 Å². The first-order chi connectivity index (χ1) is 24.3. The van der Waals surface area contributed by atoms with E-state index in [1.807, 2.05) is 23.5 Å². The van der Waals surface area contributed by atoms with Crippen molar-refractivity contribution in [2.75, 3.05) is 4.90 Å². The first kappa shape index (κ1) is 27.9. The lowest BCUT2D eigenvalue weighted by atomic mass is 9.98. The molecule has 2 heterocycles. The normalized spacial score (nSPS) is 11.7. The average Bonchev–Trinajstić information content (AvgIpc) is 3.75. The van der Waals surface area contributed by atoms with Crippen molar-refractivity contribution >= 4 is 81.3 Å². The Labute approximate surface area is 287 Å². The highest BCUT2D eigenvalue weighted by Crippen LogP contribution is 2.49. The fourth-order valence-corrected chi connectivity index (χ4v) is 8.66. The smallest absolute Gasteiger partial charge is 0.136 e. The quantitative estimate of drug-likeness (QED) is 0.186. The van der Waals surface area contributed by atoms with Crippen LogP contribution in [0.5, 0.6) is 0 Å². The van der Waals surface area contributed by atoms with Crippen LogP contribution in [0.2, 0.25) is 0 Å². The summed E-state index contributed by atoms with van der Waals surface area (Å²) < 4.78 is 8.89. The number of fused-ring (bicyclic) bond motifs is 8.